The summed E-state index contributed by atoms with van der Waals surface area (Å²) >= 11 is 14.6. The van der Waals surface area contributed by atoms with Crippen LogP contribution in [-0.2, 0) is 11.2 Å². The number of thiocarbonyl (C=S) groups is 1. The van der Waals surface area contributed by atoms with Gasteiger partial charge in [-0.15, -0.1) is 11.3 Å². The van der Waals surface area contributed by atoms with Gasteiger partial charge in [0.1, 0.15) is 10.5 Å². The average Bonchev–Trinajstić information content (AvgIpc) is 3.32. The summed E-state index contributed by atoms with van der Waals surface area (Å²) in [6, 6.07) is 17.5. The van der Waals surface area contributed by atoms with Crippen LogP contribution in [-0.4, -0.2) is 23.2 Å². The molecule has 0 atom stereocenters. The Kier molecular flexibility index (Phi) is 6.29. The standard InChI is InChI=1S/C21H16ClN3O2S3/c1-27-19(26)14-11-13(10-12-6-3-2-4-7-12)29-18(14)24-20(28)25-21-23-17-15(22)8-5-9-16(17)30-21/h2-9,11H,10H2,1H3,(H2,23,24,25,28). The van der Waals surface area contributed by atoms with Crippen molar-refractivity contribution in [1.82, 2.24) is 4.98 Å². The Bertz CT molecular complexity index is 1220. The van der Waals surface area contributed by atoms with E-state index in [1.54, 1.807) is 6.07 Å². The first-order valence-electron chi connectivity index (χ1n) is 8.91. The zero-order valence-electron chi connectivity index (χ0n) is 15.8. The third-order valence-electron chi connectivity index (χ3n) is 4.23. The number of methoxy groups -OCH3 is 1. The monoisotopic (exact) mass is 473 g/mol. The number of hydrogen-bond acceptors (Lipinski definition) is 6. The Hall–Kier alpha value is -2.52. The molecule has 0 radical (unpaired) electrons. The van der Waals surface area contributed by atoms with Crippen LogP contribution >= 0.6 is 46.5 Å². The Morgan fingerprint density at radius 3 is 2.67 bits per heavy atom. The van der Waals surface area contributed by atoms with E-state index >= 15 is 0 Å². The van der Waals surface area contributed by atoms with Crippen molar-refractivity contribution in [3.8, 4) is 0 Å². The van der Waals surface area contributed by atoms with E-state index in [1.165, 1.54) is 29.8 Å². The second kappa shape index (κ2) is 9.09. The van der Waals surface area contributed by atoms with Gasteiger partial charge in [-0.3, -0.25) is 0 Å². The van der Waals surface area contributed by atoms with Gasteiger partial charge in [-0.25, -0.2) is 9.78 Å². The van der Waals surface area contributed by atoms with Crippen LogP contribution in [0.3, 0.4) is 0 Å². The van der Waals surface area contributed by atoms with Crippen molar-refractivity contribution < 1.29 is 9.53 Å². The molecule has 0 unspecified atom stereocenters. The molecular weight excluding hydrogens is 458 g/mol. The van der Waals surface area contributed by atoms with Crippen LogP contribution in [0.25, 0.3) is 10.2 Å². The van der Waals surface area contributed by atoms with Gasteiger partial charge in [0.05, 0.1) is 22.4 Å². The van der Waals surface area contributed by atoms with E-state index < -0.39 is 5.97 Å². The maximum absolute atomic E-state index is 12.3. The van der Waals surface area contributed by atoms with E-state index in [2.05, 4.69) is 27.8 Å². The van der Waals surface area contributed by atoms with E-state index in [4.69, 9.17) is 28.6 Å². The molecule has 0 spiro atoms. The summed E-state index contributed by atoms with van der Waals surface area (Å²) in [5.41, 5.74) is 2.34. The molecule has 0 amide bonds. The summed E-state index contributed by atoms with van der Waals surface area (Å²) in [4.78, 5) is 17.8. The first kappa shape index (κ1) is 20.7. The van der Waals surface area contributed by atoms with Gasteiger partial charge in [-0.1, -0.05) is 59.3 Å². The van der Waals surface area contributed by atoms with E-state index in [-0.39, 0.29) is 0 Å². The lowest BCUT2D eigenvalue weighted by atomic mass is 10.1. The van der Waals surface area contributed by atoms with Gasteiger partial charge in [0.2, 0.25) is 0 Å². The van der Waals surface area contributed by atoms with Crippen molar-refractivity contribution in [3.63, 3.8) is 0 Å². The Balaban J connectivity index is 1.53. The Labute approximate surface area is 191 Å². The van der Waals surface area contributed by atoms with Crippen LogP contribution < -0.4 is 10.6 Å². The highest BCUT2D eigenvalue weighted by Gasteiger charge is 2.18. The van der Waals surface area contributed by atoms with Crippen LogP contribution in [0.2, 0.25) is 5.02 Å². The number of para-hydroxylation sites is 1. The van der Waals surface area contributed by atoms with Gasteiger partial charge in [-0.2, -0.15) is 0 Å². The van der Waals surface area contributed by atoms with Gasteiger partial charge >= 0.3 is 5.97 Å². The summed E-state index contributed by atoms with van der Waals surface area (Å²) in [7, 11) is 1.36. The first-order valence-corrected chi connectivity index (χ1v) is 11.3. The van der Waals surface area contributed by atoms with Crippen LogP contribution in [0.15, 0.2) is 54.6 Å². The SMILES string of the molecule is COC(=O)c1cc(Cc2ccccc2)sc1NC(=S)Nc1nc2c(Cl)cccc2s1. The van der Waals surface area contributed by atoms with E-state index in [1.807, 2.05) is 36.4 Å². The summed E-state index contributed by atoms with van der Waals surface area (Å²) in [5, 5.41) is 8.36. The molecule has 2 aromatic heterocycles. The lowest BCUT2D eigenvalue weighted by molar-refractivity contribution is 0.0602. The van der Waals surface area contributed by atoms with Gasteiger partial charge in [0.25, 0.3) is 0 Å². The number of thiazole rings is 1. The molecule has 2 aromatic carbocycles. The number of carbonyl (C=O) groups is 1. The van der Waals surface area contributed by atoms with Crippen LogP contribution in [0.5, 0.6) is 0 Å². The van der Waals surface area contributed by atoms with Gasteiger partial charge in [0, 0.05) is 11.3 Å². The number of halogens is 1. The minimum atomic E-state index is -0.414. The number of benzene rings is 2. The van der Waals surface area contributed by atoms with Crippen LogP contribution in [0.4, 0.5) is 10.1 Å². The third kappa shape index (κ3) is 4.62. The number of aromatic nitrogens is 1. The highest BCUT2D eigenvalue weighted by atomic mass is 35.5. The summed E-state index contributed by atoms with van der Waals surface area (Å²) in [6.45, 7) is 0. The van der Waals surface area contributed by atoms with E-state index in [0.29, 0.717) is 32.3 Å². The molecule has 0 aliphatic rings. The molecule has 152 valence electrons. The smallest absolute Gasteiger partial charge is 0.340 e. The largest absolute Gasteiger partial charge is 0.465 e. The number of ether oxygens (including phenoxy) is 1. The highest BCUT2D eigenvalue weighted by Crippen LogP contribution is 2.32. The summed E-state index contributed by atoms with van der Waals surface area (Å²) in [5.74, 6) is -0.414. The Morgan fingerprint density at radius 2 is 1.93 bits per heavy atom. The van der Waals surface area contributed by atoms with Crippen molar-refractivity contribution in [2.24, 2.45) is 0 Å². The number of nitrogens with zero attached hydrogens (tertiary/aromatic N) is 1. The number of thiophene rings is 1. The quantitative estimate of drug-likeness (QED) is 0.266. The molecule has 0 saturated carbocycles. The van der Waals surface area contributed by atoms with Gasteiger partial charge in [-0.05, 0) is 36.0 Å². The zero-order valence-corrected chi connectivity index (χ0v) is 19.0. The molecule has 0 saturated heterocycles. The number of nitrogens with one attached hydrogen (secondary N) is 2. The molecule has 0 bridgehead atoms. The molecular formula is C21H16ClN3O2S3. The second-order valence-electron chi connectivity index (χ2n) is 6.29. The molecule has 0 fully saturated rings. The van der Waals surface area contributed by atoms with Crippen molar-refractivity contribution in [1.29, 1.82) is 0 Å². The summed E-state index contributed by atoms with van der Waals surface area (Å²) in [6.07, 6.45) is 0.716. The van der Waals surface area contributed by atoms with Gasteiger partial charge in [0.15, 0.2) is 10.2 Å². The molecule has 2 heterocycles. The summed E-state index contributed by atoms with van der Waals surface area (Å²) < 4.78 is 5.89. The fraction of sp³-hybridized carbons (Fsp3) is 0.0952. The topological polar surface area (TPSA) is 63.2 Å². The molecule has 0 aliphatic carbocycles. The van der Waals surface area contributed by atoms with Crippen molar-refractivity contribution >= 4 is 77.9 Å². The number of fused-ring (bicyclic) bond motifs is 1. The minimum absolute atomic E-state index is 0.337. The highest BCUT2D eigenvalue weighted by molar-refractivity contribution is 7.80. The van der Waals surface area contributed by atoms with Crippen LogP contribution in [0.1, 0.15) is 20.8 Å². The molecule has 4 rings (SSSR count). The molecule has 4 aromatic rings. The van der Waals surface area contributed by atoms with Gasteiger partial charge < -0.3 is 15.4 Å². The maximum Gasteiger partial charge on any atom is 0.340 e. The minimum Gasteiger partial charge on any atom is -0.465 e. The lowest BCUT2D eigenvalue weighted by Crippen LogP contribution is -2.19. The molecule has 9 heteroatoms. The number of anilines is 2. The third-order valence-corrected chi connectivity index (χ3v) is 6.72. The van der Waals surface area contributed by atoms with E-state index in [0.717, 1.165) is 20.7 Å². The van der Waals surface area contributed by atoms with Crippen molar-refractivity contribution in [2.45, 2.75) is 6.42 Å². The predicted octanol–water partition coefficient (Wildman–Crippen LogP) is 6.20. The van der Waals surface area contributed by atoms with Crippen molar-refractivity contribution in [3.05, 3.63) is 75.6 Å². The lowest BCUT2D eigenvalue weighted by Gasteiger charge is -2.08. The van der Waals surface area contributed by atoms with Crippen molar-refractivity contribution in [2.75, 3.05) is 17.7 Å². The number of rotatable bonds is 5. The number of carbonyl (C=O) groups excluding carboxylic acids is 1. The molecule has 30 heavy (non-hydrogen) atoms. The van der Waals surface area contributed by atoms with Crippen LogP contribution in [0, 0.1) is 0 Å². The first-order chi connectivity index (χ1) is 14.5. The normalized spacial score (nSPS) is 10.7. The fourth-order valence-electron chi connectivity index (χ4n) is 2.88. The number of esters is 1. The second-order valence-corrected chi connectivity index (χ2v) is 9.28. The number of hydrogen-bond donors (Lipinski definition) is 2. The maximum atomic E-state index is 12.3. The van der Waals surface area contributed by atoms with E-state index in [9.17, 15) is 4.79 Å². The molecule has 5 nitrogen and oxygen atoms in total. The Morgan fingerprint density at radius 1 is 1.13 bits per heavy atom. The predicted molar refractivity (Wildman–Crippen MR) is 129 cm³/mol. The fourth-order valence-corrected chi connectivity index (χ4v) is 5.46. The molecule has 0 aliphatic heterocycles. The average molecular weight is 474 g/mol. The zero-order chi connectivity index (χ0) is 21.1. The molecule has 2 N–H and O–H groups in total.